The van der Waals surface area contributed by atoms with Gasteiger partial charge in [0.05, 0.1) is 24.3 Å². The van der Waals surface area contributed by atoms with Crippen LogP contribution in [0.2, 0.25) is 0 Å². The minimum atomic E-state index is -0.248. The Morgan fingerprint density at radius 1 is 1.27 bits per heavy atom. The van der Waals surface area contributed by atoms with Crippen molar-refractivity contribution < 1.29 is 9.53 Å². The summed E-state index contributed by atoms with van der Waals surface area (Å²) in [5.41, 5.74) is 0.836. The van der Waals surface area contributed by atoms with Crippen LogP contribution >= 0.6 is 0 Å². The first-order valence-corrected chi connectivity index (χ1v) is 9.09. The SMILES string of the molecule is Cc1nc(N2CCN(C(=O)[C@H]3NCCO[C@@H]3C)CC2)c2cnn(C)c2n1. The molecular formula is C17H25N7O2. The fourth-order valence-electron chi connectivity index (χ4n) is 3.70. The lowest BCUT2D eigenvalue weighted by atomic mass is 10.1. The number of amides is 1. The number of fused-ring (bicyclic) bond motifs is 1. The Morgan fingerprint density at radius 3 is 2.77 bits per heavy atom. The maximum atomic E-state index is 12.8. The number of aromatic nitrogens is 4. The molecule has 4 rings (SSSR count). The average Bonchev–Trinajstić information content (AvgIpc) is 3.02. The van der Waals surface area contributed by atoms with Crippen LogP contribution in [0.4, 0.5) is 5.82 Å². The van der Waals surface area contributed by atoms with Gasteiger partial charge in [0, 0.05) is 39.8 Å². The summed E-state index contributed by atoms with van der Waals surface area (Å²) in [5.74, 6) is 1.76. The van der Waals surface area contributed by atoms with Gasteiger partial charge in [0.15, 0.2) is 5.65 Å². The molecule has 0 aliphatic carbocycles. The highest BCUT2D eigenvalue weighted by molar-refractivity contribution is 5.87. The lowest BCUT2D eigenvalue weighted by molar-refractivity contribution is -0.139. The summed E-state index contributed by atoms with van der Waals surface area (Å²) in [7, 11) is 1.88. The number of aryl methyl sites for hydroxylation is 2. The molecule has 1 amide bonds. The molecule has 140 valence electrons. The molecule has 0 bridgehead atoms. The van der Waals surface area contributed by atoms with Crippen LogP contribution in [0.5, 0.6) is 0 Å². The van der Waals surface area contributed by atoms with Crippen LogP contribution in [0.3, 0.4) is 0 Å². The molecule has 2 saturated heterocycles. The van der Waals surface area contributed by atoms with Crippen LogP contribution in [-0.4, -0.2) is 82.0 Å². The number of nitrogens with one attached hydrogen (secondary N) is 1. The molecule has 9 heteroatoms. The van der Waals surface area contributed by atoms with Gasteiger partial charge in [-0.25, -0.2) is 9.97 Å². The molecule has 9 nitrogen and oxygen atoms in total. The van der Waals surface area contributed by atoms with Gasteiger partial charge in [-0.05, 0) is 13.8 Å². The fourth-order valence-corrected chi connectivity index (χ4v) is 3.70. The number of ether oxygens (including phenoxy) is 1. The van der Waals surface area contributed by atoms with E-state index in [4.69, 9.17) is 4.74 Å². The van der Waals surface area contributed by atoms with E-state index in [9.17, 15) is 4.79 Å². The van der Waals surface area contributed by atoms with Crippen molar-refractivity contribution >= 4 is 22.8 Å². The van der Waals surface area contributed by atoms with Crippen molar-refractivity contribution in [1.29, 1.82) is 0 Å². The van der Waals surface area contributed by atoms with Crippen molar-refractivity contribution in [2.24, 2.45) is 7.05 Å². The van der Waals surface area contributed by atoms with Gasteiger partial charge in [0.25, 0.3) is 0 Å². The largest absolute Gasteiger partial charge is 0.375 e. The number of anilines is 1. The highest BCUT2D eigenvalue weighted by Crippen LogP contribution is 2.24. The normalized spacial score (nSPS) is 24.3. The summed E-state index contributed by atoms with van der Waals surface area (Å²) in [5, 5.41) is 8.54. The van der Waals surface area contributed by atoms with Crippen molar-refractivity contribution in [3.05, 3.63) is 12.0 Å². The molecule has 2 aliphatic heterocycles. The topological polar surface area (TPSA) is 88.4 Å². The Kier molecular flexibility index (Phi) is 4.49. The third-order valence-electron chi connectivity index (χ3n) is 5.16. The minimum absolute atomic E-state index is 0.0891. The van der Waals surface area contributed by atoms with Gasteiger partial charge < -0.3 is 19.9 Å². The Morgan fingerprint density at radius 2 is 2.04 bits per heavy atom. The van der Waals surface area contributed by atoms with Gasteiger partial charge in [-0.2, -0.15) is 5.10 Å². The number of piperazine rings is 1. The zero-order chi connectivity index (χ0) is 18.3. The number of carbonyl (C=O) groups excluding carboxylic acids is 1. The lowest BCUT2D eigenvalue weighted by Gasteiger charge is -2.39. The highest BCUT2D eigenvalue weighted by atomic mass is 16.5. The molecule has 0 aromatic carbocycles. The molecule has 0 spiro atoms. The van der Waals surface area contributed by atoms with E-state index in [2.05, 4.69) is 25.3 Å². The molecule has 1 N–H and O–H groups in total. The molecule has 0 saturated carbocycles. The van der Waals surface area contributed by atoms with Gasteiger partial charge in [0.1, 0.15) is 17.7 Å². The average molecular weight is 359 g/mol. The molecule has 2 atom stereocenters. The second-order valence-electron chi connectivity index (χ2n) is 6.92. The maximum absolute atomic E-state index is 12.8. The smallest absolute Gasteiger partial charge is 0.242 e. The monoisotopic (exact) mass is 359 g/mol. The highest BCUT2D eigenvalue weighted by Gasteiger charge is 2.33. The van der Waals surface area contributed by atoms with E-state index in [1.54, 1.807) is 4.68 Å². The summed E-state index contributed by atoms with van der Waals surface area (Å²) in [6, 6.07) is -0.248. The fraction of sp³-hybridized carbons (Fsp3) is 0.647. The van der Waals surface area contributed by atoms with Crippen LogP contribution in [0, 0.1) is 6.92 Å². The van der Waals surface area contributed by atoms with E-state index in [0.29, 0.717) is 19.7 Å². The van der Waals surface area contributed by atoms with Crippen molar-refractivity contribution in [2.75, 3.05) is 44.2 Å². The molecule has 0 unspecified atom stereocenters. The van der Waals surface area contributed by atoms with E-state index >= 15 is 0 Å². The van der Waals surface area contributed by atoms with Crippen LogP contribution in [0.1, 0.15) is 12.7 Å². The molecule has 2 aromatic heterocycles. The zero-order valence-corrected chi connectivity index (χ0v) is 15.5. The molecule has 2 fully saturated rings. The number of morpholine rings is 1. The van der Waals surface area contributed by atoms with Crippen LogP contribution < -0.4 is 10.2 Å². The van der Waals surface area contributed by atoms with E-state index in [0.717, 1.165) is 42.3 Å². The van der Waals surface area contributed by atoms with Crippen LogP contribution in [0.15, 0.2) is 6.20 Å². The van der Waals surface area contributed by atoms with Gasteiger partial charge in [-0.1, -0.05) is 0 Å². The first-order valence-electron chi connectivity index (χ1n) is 9.09. The molecule has 4 heterocycles. The van der Waals surface area contributed by atoms with Gasteiger partial charge in [0.2, 0.25) is 5.91 Å². The first kappa shape index (κ1) is 17.2. The molecule has 2 aromatic rings. The summed E-state index contributed by atoms with van der Waals surface area (Å²) in [6.07, 6.45) is 1.72. The third-order valence-corrected chi connectivity index (χ3v) is 5.16. The number of hydrogen-bond acceptors (Lipinski definition) is 7. The first-order chi connectivity index (χ1) is 12.5. The van der Waals surface area contributed by atoms with E-state index in [1.807, 2.05) is 32.0 Å². The Balaban J connectivity index is 1.48. The molecule has 26 heavy (non-hydrogen) atoms. The molecule has 2 aliphatic rings. The number of hydrogen-bond donors (Lipinski definition) is 1. The Hall–Kier alpha value is -2.26. The minimum Gasteiger partial charge on any atom is -0.375 e. The number of nitrogens with zero attached hydrogens (tertiary/aromatic N) is 6. The molecular weight excluding hydrogens is 334 g/mol. The predicted octanol–water partition coefficient (Wildman–Crippen LogP) is -0.303. The second-order valence-corrected chi connectivity index (χ2v) is 6.92. The van der Waals surface area contributed by atoms with Crippen molar-refractivity contribution in [3.8, 4) is 0 Å². The van der Waals surface area contributed by atoms with Crippen LogP contribution in [-0.2, 0) is 16.6 Å². The van der Waals surface area contributed by atoms with Gasteiger partial charge >= 0.3 is 0 Å². The predicted molar refractivity (Wildman–Crippen MR) is 97.0 cm³/mol. The lowest BCUT2D eigenvalue weighted by Crippen LogP contribution is -2.59. The van der Waals surface area contributed by atoms with E-state index in [1.165, 1.54) is 0 Å². The Bertz CT molecular complexity index is 813. The van der Waals surface area contributed by atoms with E-state index < -0.39 is 0 Å². The summed E-state index contributed by atoms with van der Waals surface area (Å²) >= 11 is 0. The zero-order valence-electron chi connectivity index (χ0n) is 15.5. The third kappa shape index (κ3) is 3.01. The maximum Gasteiger partial charge on any atom is 0.242 e. The summed E-state index contributed by atoms with van der Waals surface area (Å²) in [6.45, 7) is 8.07. The van der Waals surface area contributed by atoms with E-state index in [-0.39, 0.29) is 18.1 Å². The van der Waals surface area contributed by atoms with Gasteiger partial charge in [-0.15, -0.1) is 0 Å². The number of rotatable bonds is 2. The van der Waals surface area contributed by atoms with Crippen molar-refractivity contribution in [2.45, 2.75) is 26.0 Å². The number of carbonyl (C=O) groups is 1. The van der Waals surface area contributed by atoms with Crippen LogP contribution in [0.25, 0.3) is 11.0 Å². The second kappa shape index (κ2) is 6.81. The van der Waals surface area contributed by atoms with Gasteiger partial charge in [-0.3, -0.25) is 9.48 Å². The van der Waals surface area contributed by atoms with Crippen molar-refractivity contribution in [3.63, 3.8) is 0 Å². The summed E-state index contributed by atoms with van der Waals surface area (Å²) < 4.78 is 7.38. The standard InChI is InChI=1S/C17H25N7O2/c1-11-14(18-4-9-26-11)17(25)24-7-5-23(6-8-24)16-13-10-19-22(3)15(13)20-12(2)21-16/h10-11,14,18H,4-9H2,1-3H3/t11-,14+/m1/s1. The Labute approximate surface area is 152 Å². The quantitative estimate of drug-likeness (QED) is 0.787. The molecule has 0 radical (unpaired) electrons. The summed E-state index contributed by atoms with van der Waals surface area (Å²) in [4.78, 5) is 26.1. The van der Waals surface area contributed by atoms with Crippen molar-refractivity contribution in [1.82, 2.24) is 30.0 Å².